The molecule has 2 heterocycles. The van der Waals surface area contributed by atoms with Gasteiger partial charge < -0.3 is 10.1 Å². The largest absolute Gasteiger partial charge is 0.489 e. The minimum atomic E-state index is -0.0225. The summed E-state index contributed by atoms with van der Waals surface area (Å²) in [6.45, 7) is 1.25. The van der Waals surface area contributed by atoms with Crippen LogP contribution in [0.25, 0.3) is 0 Å². The van der Waals surface area contributed by atoms with Gasteiger partial charge >= 0.3 is 6.03 Å². The van der Waals surface area contributed by atoms with Crippen LogP contribution in [0.2, 0.25) is 0 Å². The zero-order valence-corrected chi connectivity index (χ0v) is 7.56. The van der Waals surface area contributed by atoms with Crippen molar-refractivity contribution in [2.45, 2.75) is 6.04 Å². The summed E-state index contributed by atoms with van der Waals surface area (Å²) in [5.74, 6) is 0.792. The Labute approximate surface area is 81.5 Å². The number of carbonyl (C=O) groups is 1. The second-order valence-corrected chi connectivity index (χ2v) is 3.49. The van der Waals surface area contributed by atoms with Crippen LogP contribution >= 0.6 is 0 Å². The summed E-state index contributed by atoms with van der Waals surface area (Å²) in [6.07, 6.45) is 0. The molecule has 2 amide bonds. The van der Waals surface area contributed by atoms with Gasteiger partial charge in [0.1, 0.15) is 12.4 Å². The SMILES string of the molecule is O=C1NCC2COc3ccccc3N12. The van der Waals surface area contributed by atoms with Gasteiger partial charge in [0.05, 0.1) is 11.7 Å². The number of urea groups is 1. The van der Waals surface area contributed by atoms with Crippen LogP contribution in [0.15, 0.2) is 24.3 Å². The Kier molecular flexibility index (Phi) is 1.45. The first-order valence-electron chi connectivity index (χ1n) is 4.65. The monoisotopic (exact) mass is 190 g/mol. The molecule has 0 bridgehead atoms. The van der Waals surface area contributed by atoms with E-state index in [2.05, 4.69) is 5.32 Å². The normalized spacial score (nSPS) is 23.6. The minimum absolute atomic E-state index is 0.0225. The first-order chi connectivity index (χ1) is 6.86. The van der Waals surface area contributed by atoms with Crippen molar-refractivity contribution in [1.82, 2.24) is 5.32 Å². The summed E-state index contributed by atoms with van der Waals surface area (Å²) in [4.78, 5) is 13.3. The molecule has 14 heavy (non-hydrogen) atoms. The van der Waals surface area contributed by atoms with E-state index in [1.807, 2.05) is 24.3 Å². The number of hydrogen-bond donors (Lipinski definition) is 1. The Balaban J connectivity index is 2.11. The molecule has 0 spiro atoms. The van der Waals surface area contributed by atoms with Crippen LogP contribution in [0.4, 0.5) is 10.5 Å². The summed E-state index contributed by atoms with van der Waals surface area (Å²) in [5, 5.41) is 2.81. The fourth-order valence-corrected chi connectivity index (χ4v) is 1.95. The number of nitrogens with zero attached hydrogens (tertiary/aromatic N) is 1. The average molecular weight is 190 g/mol. The molecule has 4 nitrogen and oxygen atoms in total. The van der Waals surface area contributed by atoms with Crippen LogP contribution in [0.5, 0.6) is 5.75 Å². The van der Waals surface area contributed by atoms with E-state index in [9.17, 15) is 4.79 Å². The molecular formula is C10H10N2O2. The van der Waals surface area contributed by atoms with Gasteiger partial charge in [0.15, 0.2) is 0 Å². The van der Waals surface area contributed by atoms with Gasteiger partial charge in [0.25, 0.3) is 0 Å². The molecule has 1 aromatic carbocycles. The van der Waals surface area contributed by atoms with E-state index < -0.39 is 0 Å². The highest BCUT2D eigenvalue weighted by molar-refractivity contribution is 5.96. The molecule has 0 radical (unpaired) electrons. The Morgan fingerprint density at radius 3 is 3.21 bits per heavy atom. The van der Waals surface area contributed by atoms with Gasteiger partial charge in [-0.1, -0.05) is 12.1 Å². The maximum Gasteiger partial charge on any atom is 0.322 e. The Morgan fingerprint density at radius 2 is 2.29 bits per heavy atom. The lowest BCUT2D eigenvalue weighted by Crippen LogP contribution is -2.41. The fraction of sp³-hybridized carbons (Fsp3) is 0.300. The number of amides is 2. The van der Waals surface area contributed by atoms with E-state index >= 15 is 0 Å². The van der Waals surface area contributed by atoms with E-state index in [1.54, 1.807) is 4.90 Å². The van der Waals surface area contributed by atoms with Crippen molar-refractivity contribution in [3.05, 3.63) is 24.3 Å². The van der Waals surface area contributed by atoms with Gasteiger partial charge in [-0.05, 0) is 12.1 Å². The number of anilines is 1. The van der Waals surface area contributed by atoms with Crippen molar-refractivity contribution < 1.29 is 9.53 Å². The molecular weight excluding hydrogens is 180 g/mol. The summed E-state index contributed by atoms with van der Waals surface area (Å²) < 4.78 is 5.55. The van der Waals surface area contributed by atoms with Gasteiger partial charge in [0, 0.05) is 6.54 Å². The zero-order valence-electron chi connectivity index (χ0n) is 7.56. The van der Waals surface area contributed by atoms with E-state index in [1.165, 1.54) is 0 Å². The highest BCUT2D eigenvalue weighted by atomic mass is 16.5. The predicted octanol–water partition coefficient (Wildman–Crippen LogP) is 0.977. The number of benzene rings is 1. The molecule has 3 rings (SSSR count). The zero-order chi connectivity index (χ0) is 9.54. The molecule has 1 unspecified atom stereocenters. The predicted molar refractivity (Wildman–Crippen MR) is 51.6 cm³/mol. The highest BCUT2D eigenvalue weighted by Gasteiger charge is 2.36. The number of carbonyl (C=O) groups excluding carboxylic acids is 1. The molecule has 1 N–H and O–H groups in total. The third-order valence-corrected chi connectivity index (χ3v) is 2.63. The average Bonchev–Trinajstić information content (AvgIpc) is 2.61. The van der Waals surface area contributed by atoms with Crippen molar-refractivity contribution in [2.75, 3.05) is 18.1 Å². The van der Waals surface area contributed by atoms with Gasteiger partial charge in [0.2, 0.25) is 0 Å². The molecule has 1 saturated heterocycles. The number of hydrogen-bond acceptors (Lipinski definition) is 2. The lowest BCUT2D eigenvalue weighted by molar-refractivity contribution is 0.246. The van der Waals surface area contributed by atoms with Crippen LogP contribution in [0.1, 0.15) is 0 Å². The first kappa shape index (κ1) is 7.67. The van der Waals surface area contributed by atoms with Crippen molar-refractivity contribution in [3.63, 3.8) is 0 Å². The van der Waals surface area contributed by atoms with Crippen LogP contribution < -0.4 is 15.0 Å². The number of ether oxygens (including phenoxy) is 1. The molecule has 1 fully saturated rings. The van der Waals surface area contributed by atoms with Crippen LogP contribution in [0.3, 0.4) is 0 Å². The van der Waals surface area contributed by atoms with Crippen molar-refractivity contribution in [2.24, 2.45) is 0 Å². The van der Waals surface area contributed by atoms with Crippen molar-refractivity contribution in [3.8, 4) is 5.75 Å². The highest BCUT2D eigenvalue weighted by Crippen LogP contribution is 2.34. The Hall–Kier alpha value is -1.71. The lowest BCUT2D eigenvalue weighted by atomic mass is 10.2. The molecule has 0 aromatic heterocycles. The van der Waals surface area contributed by atoms with E-state index in [-0.39, 0.29) is 12.1 Å². The minimum Gasteiger partial charge on any atom is -0.489 e. The van der Waals surface area contributed by atoms with E-state index in [4.69, 9.17) is 4.74 Å². The van der Waals surface area contributed by atoms with Gasteiger partial charge in [-0.15, -0.1) is 0 Å². The molecule has 1 aromatic rings. The fourth-order valence-electron chi connectivity index (χ4n) is 1.95. The van der Waals surface area contributed by atoms with Crippen LogP contribution in [0, 0.1) is 0 Å². The molecule has 2 aliphatic rings. The summed E-state index contributed by atoms with van der Waals surface area (Å²) >= 11 is 0. The number of para-hydroxylation sites is 2. The van der Waals surface area contributed by atoms with Crippen molar-refractivity contribution >= 4 is 11.7 Å². The number of nitrogens with one attached hydrogen (secondary N) is 1. The topological polar surface area (TPSA) is 41.6 Å². The Bertz CT molecular complexity index is 391. The molecule has 4 heteroatoms. The van der Waals surface area contributed by atoms with Crippen LogP contribution in [-0.4, -0.2) is 25.2 Å². The third kappa shape index (κ3) is 0.907. The quantitative estimate of drug-likeness (QED) is 0.662. The van der Waals surface area contributed by atoms with Gasteiger partial charge in [-0.25, -0.2) is 4.79 Å². The maximum atomic E-state index is 11.5. The Morgan fingerprint density at radius 1 is 1.43 bits per heavy atom. The second-order valence-electron chi connectivity index (χ2n) is 3.49. The maximum absolute atomic E-state index is 11.5. The molecule has 72 valence electrons. The lowest BCUT2D eigenvalue weighted by Gasteiger charge is -2.30. The molecule has 2 aliphatic heterocycles. The van der Waals surface area contributed by atoms with E-state index in [0.29, 0.717) is 13.2 Å². The van der Waals surface area contributed by atoms with Crippen LogP contribution in [-0.2, 0) is 0 Å². The summed E-state index contributed by atoms with van der Waals surface area (Å²) in [7, 11) is 0. The van der Waals surface area contributed by atoms with E-state index in [0.717, 1.165) is 11.4 Å². The first-order valence-corrected chi connectivity index (χ1v) is 4.65. The number of rotatable bonds is 0. The van der Waals surface area contributed by atoms with Gasteiger partial charge in [-0.2, -0.15) is 0 Å². The molecule has 1 atom stereocenters. The molecule has 0 aliphatic carbocycles. The standard InChI is InChI=1S/C10H10N2O2/c13-10-11-5-7-6-14-9-4-2-1-3-8(9)12(7)10/h1-4,7H,5-6H2,(H,11,13). The summed E-state index contributed by atoms with van der Waals surface area (Å²) in [5.41, 5.74) is 0.874. The smallest absolute Gasteiger partial charge is 0.322 e. The van der Waals surface area contributed by atoms with Gasteiger partial charge in [-0.3, -0.25) is 4.90 Å². The summed E-state index contributed by atoms with van der Waals surface area (Å²) in [6, 6.07) is 7.75. The van der Waals surface area contributed by atoms with Crippen molar-refractivity contribution in [1.29, 1.82) is 0 Å². The third-order valence-electron chi connectivity index (χ3n) is 2.63. The molecule has 0 saturated carbocycles. The second kappa shape index (κ2) is 2.64. The number of fused-ring (bicyclic) bond motifs is 3.